The minimum Gasteiger partial charge on any atom is -0.348 e. The summed E-state index contributed by atoms with van der Waals surface area (Å²) < 4.78 is 38.5. The van der Waals surface area contributed by atoms with Gasteiger partial charge in [-0.1, -0.05) is 26.0 Å². The molecule has 0 saturated heterocycles. The number of para-hydroxylation sites is 2. The minimum absolute atomic E-state index is 0.0279. The molecule has 4 nitrogen and oxygen atoms in total. The van der Waals surface area contributed by atoms with Gasteiger partial charge in [-0.05, 0) is 30.2 Å². The number of nitrogens with zero attached hydrogens (tertiary/aromatic N) is 1. The number of amides is 1. The van der Waals surface area contributed by atoms with Gasteiger partial charge in [-0.2, -0.15) is 13.2 Å². The van der Waals surface area contributed by atoms with Crippen LogP contribution in [0.25, 0.3) is 11.0 Å². The SMILES string of the molecule is CC(C)C(NC(=O)CCc1nc2ccccc2[nH]1)c1ccc(C(F)(F)F)s1. The van der Waals surface area contributed by atoms with E-state index < -0.39 is 17.1 Å². The van der Waals surface area contributed by atoms with Crippen LogP contribution in [-0.2, 0) is 17.4 Å². The topological polar surface area (TPSA) is 57.8 Å². The van der Waals surface area contributed by atoms with Crippen LogP contribution in [0.1, 0.15) is 41.9 Å². The molecule has 1 aromatic carbocycles. The number of carbonyl (C=O) groups is 1. The smallest absolute Gasteiger partial charge is 0.348 e. The minimum atomic E-state index is -4.37. The third-order valence-corrected chi connectivity index (χ3v) is 5.44. The first-order valence-electron chi connectivity index (χ1n) is 8.64. The Hall–Kier alpha value is -2.35. The first kappa shape index (κ1) is 19.4. The molecule has 0 fully saturated rings. The van der Waals surface area contributed by atoms with Gasteiger partial charge in [-0.15, -0.1) is 11.3 Å². The van der Waals surface area contributed by atoms with E-state index in [9.17, 15) is 18.0 Å². The van der Waals surface area contributed by atoms with Crippen LogP contribution < -0.4 is 5.32 Å². The molecule has 0 spiro atoms. The van der Waals surface area contributed by atoms with Crippen molar-refractivity contribution in [3.05, 3.63) is 52.0 Å². The van der Waals surface area contributed by atoms with Gasteiger partial charge in [0.1, 0.15) is 10.7 Å². The number of aromatic nitrogens is 2. The highest BCUT2D eigenvalue weighted by molar-refractivity contribution is 7.12. The van der Waals surface area contributed by atoms with Crippen LogP contribution in [0, 0.1) is 5.92 Å². The number of imidazole rings is 1. The zero-order valence-electron chi connectivity index (χ0n) is 14.9. The molecule has 0 bridgehead atoms. The second kappa shape index (κ2) is 7.72. The third-order valence-electron chi connectivity index (χ3n) is 4.22. The van der Waals surface area contributed by atoms with E-state index in [4.69, 9.17) is 0 Å². The van der Waals surface area contributed by atoms with Gasteiger partial charge in [0.2, 0.25) is 5.91 Å². The average Bonchev–Trinajstić information content (AvgIpc) is 3.23. The molecule has 0 aliphatic rings. The second-order valence-corrected chi connectivity index (χ2v) is 7.80. The van der Waals surface area contributed by atoms with Gasteiger partial charge >= 0.3 is 6.18 Å². The van der Waals surface area contributed by atoms with Crippen molar-refractivity contribution in [1.82, 2.24) is 15.3 Å². The van der Waals surface area contributed by atoms with Crippen LogP contribution in [0.4, 0.5) is 13.2 Å². The second-order valence-electron chi connectivity index (χ2n) is 6.69. The normalized spacial score (nSPS) is 13.3. The number of hydrogen-bond acceptors (Lipinski definition) is 3. The maximum absolute atomic E-state index is 12.8. The number of hydrogen-bond donors (Lipinski definition) is 2. The largest absolute Gasteiger partial charge is 0.425 e. The molecule has 2 aromatic heterocycles. The van der Waals surface area contributed by atoms with Crippen molar-refractivity contribution in [3.8, 4) is 0 Å². The predicted molar refractivity (Wildman–Crippen MR) is 99.5 cm³/mol. The molecule has 2 heterocycles. The standard InChI is InChI=1S/C19H20F3N3OS/c1-11(2)18(14-7-8-15(27-14)19(20,21)22)25-17(26)10-9-16-23-12-5-3-4-6-13(12)24-16/h3-8,11,18H,9-10H2,1-2H3,(H,23,24)(H,25,26). The van der Waals surface area contributed by atoms with Crippen molar-refractivity contribution in [2.24, 2.45) is 5.92 Å². The van der Waals surface area contributed by atoms with Crippen LogP contribution in [0.3, 0.4) is 0 Å². The highest BCUT2D eigenvalue weighted by Crippen LogP contribution is 2.38. The zero-order valence-corrected chi connectivity index (χ0v) is 15.7. The summed E-state index contributed by atoms with van der Waals surface area (Å²) in [5.41, 5.74) is 1.75. The molecule has 0 radical (unpaired) electrons. The summed E-state index contributed by atoms with van der Waals surface area (Å²) in [5.74, 6) is 0.471. The number of benzene rings is 1. The van der Waals surface area contributed by atoms with Crippen LogP contribution in [0.15, 0.2) is 36.4 Å². The molecule has 3 rings (SSSR count). The number of halogens is 3. The summed E-state index contributed by atoms with van der Waals surface area (Å²) in [6.07, 6.45) is -3.72. The van der Waals surface area contributed by atoms with Crippen molar-refractivity contribution >= 4 is 28.3 Å². The van der Waals surface area contributed by atoms with Crippen LogP contribution in [0.2, 0.25) is 0 Å². The number of nitrogens with one attached hydrogen (secondary N) is 2. The molecule has 0 aliphatic carbocycles. The lowest BCUT2D eigenvalue weighted by molar-refractivity contribution is -0.134. The number of rotatable bonds is 6. The Morgan fingerprint density at radius 1 is 1.22 bits per heavy atom. The lowest BCUT2D eigenvalue weighted by atomic mass is 10.0. The summed E-state index contributed by atoms with van der Waals surface area (Å²) in [6, 6.07) is 9.65. The molecule has 0 saturated carbocycles. The fourth-order valence-corrected chi connectivity index (χ4v) is 3.94. The molecule has 0 aliphatic heterocycles. The van der Waals surface area contributed by atoms with Crippen molar-refractivity contribution in [1.29, 1.82) is 0 Å². The number of aromatic amines is 1. The van der Waals surface area contributed by atoms with Gasteiger partial charge < -0.3 is 10.3 Å². The first-order valence-corrected chi connectivity index (χ1v) is 9.45. The Morgan fingerprint density at radius 2 is 1.96 bits per heavy atom. The number of carbonyl (C=O) groups excluding carboxylic acids is 1. The van der Waals surface area contributed by atoms with E-state index in [0.717, 1.165) is 17.1 Å². The fourth-order valence-electron chi connectivity index (χ4n) is 2.84. The van der Waals surface area contributed by atoms with E-state index in [2.05, 4.69) is 15.3 Å². The Balaban J connectivity index is 1.64. The number of H-pyrrole nitrogens is 1. The fraction of sp³-hybridized carbons (Fsp3) is 0.368. The Labute approximate surface area is 158 Å². The van der Waals surface area contributed by atoms with Gasteiger partial charge in [0.05, 0.1) is 17.1 Å². The van der Waals surface area contributed by atoms with Gasteiger partial charge in [-0.25, -0.2) is 4.98 Å². The van der Waals surface area contributed by atoms with Crippen LogP contribution in [-0.4, -0.2) is 15.9 Å². The number of alkyl halides is 3. The summed E-state index contributed by atoms with van der Waals surface area (Å²) in [7, 11) is 0. The lowest BCUT2D eigenvalue weighted by Crippen LogP contribution is -2.31. The highest BCUT2D eigenvalue weighted by Gasteiger charge is 2.33. The van der Waals surface area contributed by atoms with Crippen molar-refractivity contribution < 1.29 is 18.0 Å². The maximum atomic E-state index is 12.8. The first-order chi connectivity index (χ1) is 12.7. The molecular formula is C19H20F3N3OS. The average molecular weight is 395 g/mol. The van der Waals surface area contributed by atoms with Crippen molar-refractivity contribution in [2.45, 2.75) is 38.9 Å². The van der Waals surface area contributed by atoms with E-state index in [-0.39, 0.29) is 18.2 Å². The lowest BCUT2D eigenvalue weighted by Gasteiger charge is -2.21. The van der Waals surface area contributed by atoms with E-state index in [1.807, 2.05) is 38.1 Å². The molecule has 1 atom stereocenters. The number of aryl methyl sites for hydroxylation is 1. The molecule has 1 unspecified atom stereocenters. The Bertz CT molecular complexity index is 897. The number of fused-ring (bicyclic) bond motifs is 1. The van der Waals surface area contributed by atoms with Gasteiger partial charge in [0.25, 0.3) is 0 Å². The van der Waals surface area contributed by atoms with E-state index in [1.54, 1.807) is 0 Å². The zero-order chi connectivity index (χ0) is 19.6. The summed E-state index contributed by atoms with van der Waals surface area (Å²) in [6.45, 7) is 3.74. The predicted octanol–water partition coefficient (Wildman–Crippen LogP) is 5.09. The summed E-state index contributed by atoms with van der Waals surface area (Å²) in [5, 5.41) is 2.86. The summed E-state index contributed by atoms with van der Waals surface area (Å²) in [4.78, 5) is 19.8. The van der Waals surface area contributed by atoms with Crippen molar-refractivity contribution in [3.63, 3.8) is 0 Å². The molecule has 144 valence electrons. The number of thiophene rings is 1. The highest BCUT2D eigenvalue weighted by atomic mass is 32.1. The van der Waals surface area contributed by atoms with E-state index >= 15 is 0 Å². The van der Waals surface area contributed by atoms with Crippen molar-refractivity contribution in [2.75, 3.05) is 0 Å². The Kier molecular flexibility index (Phi) is 5.55. The summed E-state index contributed by atoms with van der Waals surface area (Å²) >= 11 is 0.677. The molecule has 3 aromatic rings. The monoisotopic (exact) mass is 395 g/mol. The molecule has 1 amide bonds. The quantitative estimate of drug-likeness (QED) is 0.611. The van der Waals surface area contributed by atoms with E-state index in [0.29, 0.717) is 28.5 Å². The molecule has 8 heteroatoms. The van der Waals surface area contributed by atoms with Crippen LogP contribution in [0.5, 0.6) is 0 Å². The molecular weight excluding hydrogens is 375 g/mol. The van der Waals surface area contributed by atoms with E-state index in [1.165, 1.54) is 6.07 Å². The molecule has 2 N–H and O–H groups in total. The third kappa shape index (κ3) is 4.68. The van der Waals surface area contributed by atoms with Gasteiger partial charge in [0.15, 0.2) is 0 Å². The Morgan fingerprint density at radius 3 is 2.59 bits per heavy atom. The van der Waals surface area contributed by atoms with Gasteiger partial charge in [0, 0.05) is 17.7 Å². The maximum Gasteiger partial charge on any atom is 0.425 e. The van der Waals surface area contributed by atoms with Crippen LogP contribution >= 0.6 is 11.3 Å². The van der Waals surface area contributed by atoms with Gasteiger partial charge in [-0.3, -0.25) is 4.79 Å². The molecule has 27 heavy (non-hydrogen) atoms.